The molecule has 3 aromatic rings. The first kappa shape index (κ1) is 28.2. The average molecular weight is 545 g/mol. The Bertz CT molecular complexity index is 1310. The van der Waals surface area contributed by atoms with Gasteiger partial charge in [-0.3, -0.25) is 4.79 Å². The number of ether oxygens (including phenoxy) is 2. The lowest BCUT2D eigenvalue weighted by molar-refractivity contribution is -0.117. The van der Waals surface area contributed by atoms with Crippen LogP contribution in [0.3, 0.4) is 0 Å². The molecule has 1 atom stereocenters. The van der Waals surface area contributed by atoms with E-state index in [4.69, 9.17) is 21.1 Å². The van der Waals surface area contributed by atoms with E-state index in [9.17, 15) is 18.0 Å². The molecule has 3 aromatic carbocycles. The lowest BCUT2D eigenvalue weighted by atomic mass is 10.1. The molecule has 2 N–H and O–H groups in total. The molecule has 196 valence electrons. The summed E-state index contributed by atoms with van der Waals surface area (Å²) < 4.78 is 39.4. The van der Waals surface area contributed by atoms with Crippen molar-refractivity contribution in [1.82, 2.24) is 4.72 Å². The first-order valence-electron chi connectivity index (χ1n) is 11.7. The molecule has 0 heterocycles. The summed E-state index contributed by atoms with van der Waals surface area (Å²) in [5, 5.41) is 2.93. The molecule has 37 heavy (non-hydrogen) atoms. The summed E-state index contributed by atoms with van der Waals surface area (Å²) in [6.45, 7) is 2.34. The number of unbranched alkanes of at least 4 members (excludes halogenated alkanes) is 1. The van der Waals surface area contributed by atoms with Crippen LogP contribution in [0.15, 0.2) is 77.7 Å². The third kappa shape index (κ3) is 8.04. The quantitative estimate of drug-likeness (QED) is 0.249. The number of halogens is 1. The van der Waals surface area contributed by atoms with E-state index in [2.05, 4.69) is 10.0 Å². The predicted octanol–water partition coefficient (Wildman–Crippen LogP) is 4.83. The van der Waals surface area contributed by atoms with Crippen molar-refractivity contribution < 1.29 is 27.5 Å². The van der Waals surface area contributed by atoms with E-state index in [0.717, 1.165) is 18.4 Å². The number of rotatable bonds is 12. The van der Waals surface area contributed by atoms with Gasteiger partial charge in [-0.15, -0.1) is 0 Å². The zero-order valence-corrected chi connectivity index (χ0v) is 22.1. The van der Waals surface area contributed by atoms with Gasteiger partial charge in [0.2, 0.25) is 15.9 Å². The van der Waals surface area contributed by atoms with E-state index in [1.54, 1.807) is 36.4 Å². The van der Waals surface area contributed by atoms with Crippen molar-refractivity contribution in [3.8, 4) is 5.75 Å². The van der Waals surface area contributed by atoms with Crippen LogP contribution in [-0.4, -0.2) is 40.1 Å². The summed E-state index contributed by atoms with van der Waals surface area (Å²) in [6, 6.07) is 18.3. The second-order valence-corrected chi connectivity index (χ2v) is 10.3. The number of sulfonamides is 1. The van der Waals surface area contributed by atoms with E-state index in [1.165, 1.54) is 37.4 Å². The number of carbonyl (C=O) groups excluding carboxylic acids is 2. The maximum atomic E-state index is 13.3. The highest BCUT2D eigenvalue weighted by atomic mass is 35.5. The number of amides is 1. The summed E-state index contributed by atoms with van der Waals surface area (Å²) in [5.74, 6) is -0.930. The number of hydrogen-bond donors (Lipinski definition) is 2. The predicted molar refractivity (Wildman–Crippen MR) is 143 cm³/mol. The van der Waals surface area contributed by atoms with Crippen LogP contribution in [0, 0.1) is 0 Å². The third-order valence-corrected chi connectivity index (χ3v) is 7.16. The lowest BCUT2D eigenvalue weighted by Crippen LogP contribution is -2.45. The van der Waals surface area contributed by atoms with E-state index in [1.807, 2.05) is 13.0 Å². The second-order valence-electron chi connectivity index (χ2n) is 8.21. The molecule has 0 unspecified atom stereocenters. The van der Waals surface area contributed by atoms with E-state index in [0.29, 0.717) is 17.9 Å². The number of nitrogens with one attached hydrogen (secondary N) is 2. The molecule has 0 aliphatic carbocycles. The third-order valence-electron chi connectivity index (χ3n) is 5.43. The topological polar surface area (TPSA) is 111 Å². The fraction of sp³-hybridized carbons (Fsp3) is 0.259. The Labute approximate surface area is 222 Å². The van der Waals surface area contributed by atoms with Crippen molar-refractivity contribution >= 4 is 39.2 Å². The van der Waals surface area contributed by atoms with Gasteiger partial charge in [-0.05, 0) is 60.9 Å². The van der Waals surface area contributed by atoms with Gasteiger partial charge in [0.15, 0.2) is 0 Å². The standard InChI is InChI=1S/C27H29ClN2O6S/c1-3-4-16-36-27(32)20-10-13-22(14-11-20)29-26(31)23(17-19-8-6-5-7-9-19)30-37(33,34)25-18-21(28)12-15-24(25)35-2/h5-15,18,23,30H,3-4,16-17H2,1-2H3,(H,29,31)/t23-/m1/s1. The zero-order valence-electron chi connectivity index (χ0n) is 20.6. The monoisotopic (exact) mass is 544 g/mol. The van der Waals surface area contributed by atoms with Crippen LogP contribution < -0.4 is 14.8 Å². The minimum absolute atomic E-state index is 0.0939. The van der Waals surface area contributed by atoms with Gasteiger partial charge >= 0.3 is 5.97 Å². The molecule has 3 rings (SSSR count). The molecule has 0 bridgehead atoms. The van der Waals surface area contributed by atoms with Gasteiger partial charge in [0.25, 0.3) is 0 Å². The Morgan fingerprint density at radius 3 is 2.35 bits per heavy atom. The van der Waals surface area contributed by atoms with Crippen molar-refractivity contribution in [2.24, 2.45) is 0 Å². The fourth-order valence-electron chi connectivity index (χ4n) is 3.46. The molecular formula is C27H29ClN2O6S. The van der Waals surface area contributed by atoms with E-state index >= 15 is 0 Å². The first-order chi connectivity index (χ1) is 17.7. The maximum absolute atomic E-state index is 13.3. The summed E-state index contributed by atoms with van der Waals surface area (Å²) >= 11 is 6.03. The Hall–Kier alpha value is -3.40. The van der Waals surface area contributed by atoms with Crippen molar-refractivity contribution in [3.05, 3.63) is 88.9 Å². The summed E-state index contributed by atoms with van der Waals surface area (Å²) in [7, 11) is -2.85. The molecule has 0 radical (unpaired) electrons. The van der Waals surface area contributed by atoms with Crippen molar-refractivity contribution in [1.29, 1.82) is 0 Å². The van der Waals surface area contributed by atoms with Gasteiger partial charge in [0, 0.05) is 10.7 Å². The van der Waals surface area contributed by atoms with Crippen molar-refractivity contribution in [2.75, 3.05) is 19.0 Å². The van der Waals surface area contributed by atoms with Gasteiger partial charge in [-0.1, -0.05) is 55.3 Å². The van der Waals surface area contributed by atoms with E-state index in [-0.39, 0.29) is 22.1 Å². The average Bonchev–Trinajstić information content (AvgIpc) is 2.89. The van der Waals surface area contributed by atoms with Gasteiger partial charge in [-0.25, -0.2) is 13.2 Å². The van der Waals surface area contributed by atoms with Crippen LogP contribution in [0.1, 0.15) is 35.7 Å². The molecular weight excluding hydrogens is 516 g/mol. The minimum atomic E-state index is -4.19. The maximum Gasteiger partial charge on any atom is 0.338 e. The fourth-order valence-corrected chi connectivity index (χ4v) is 5.09. The van der Waals surface area contributed by atoms with Gasteiger partial charge in [0.1, 0.15) is 16.7 Å². The molecule has 10 heteroatoms. The van der Waals surface area contributed by atoms with Crippen LogP contribution in [0.5, 0.6) is 5.75 Å². The van der Waals surface area contributed by atoms with E-state index < -0.39 is 27.9 Å². The smallest absolute Gasteiger partial charge is 0.338 e. The Kier molecular flexibility index (Phi) is 10.1. The Morgan fingerprint density at radius 2 is 1.70 bits per heavy atom. The molecule has 0 aromatic heterocycles. The minimum Gasteiger partial charge on any atom is -0.495 e. The molecule has 1 amide bonds. The molecule has 0 fully saturated rings. The highest BCUT2D eigenvalue weighted by Crippen LogP contribution is 2.27. The number of carbonyl (C=O) groups is 2. The summed E-state index contributed by atoms with van der Waals surface area (Å²) in [4.78, 5) is 25.2. The van der Waals surface area contributed by atoms with Crippen molar-refractivity contribution in [3.63, 3.8) is 0 Å². The van der Waals surface area contributed by atoms with Crippen LogP contribution in [-0.2, 0) is 26.0 Å². The van der Waals surface area contributed by atoms with Gasteiger partial charge in [0.05, 0.1) is 19.3 Å². The number of benzene rings is 3. The highest BCUT2D eigenvalue weighted by Gasteiger charge is 2.28. The summed E-state index contributed by atoms with van der Waals surface area (Å²) in [6.07, 6.45) is 1.78. The molecule has 0 saturated heterocycles. The van der Waals surface area contributed by atoms with Crippen molar-refractivity contribution in [2.45, 2.75) is 37.1 Å². The number of hydrogen-bond acceptors (Lipinski definition) is 6. The normalized spacial score (nSPS) is 12.0. The Balaban J connectivity index is 1.81. The number of esters is 1. The Morgan fingerprint density at radius 1 is 1.00 bits per heavy atom. The molecule has 0 aliphatic rings. The van der Waals surface area contributed by atoms with Crippen LogP contribution in [0.2, 0.25) is 5.02 Å². The largest absolute Gasteiger partial charge is 0.495 e. The molecule has 0 aliphatic heterocycles. The second kappa shape index (κ2) is 13.2. The first-order valence-corrected chi connectivity index (χ1v) is 13.6. The summed E-state index contributed by atoms with van der Waals surface area (Å²) in [5.41, 5.74) is 1.50. The van der Waals surface area contributed by atoms with Crippen LogP contribution in [0.4, 0.5) is 5.69 Å². The zero-order chi connectivity index (χ0) is 26.8. The lowest BCUT2D eigenvalue weighted by Gasteiger charge is -2.20. The molecule has 0 spiro atoms. The molecule has 0 saturated carbocycles. The SMILES string of the molecule is CCCCOC(=O)c1ccc(NC(=O)[C@@H](Cc2ccccc2)NS(=O)(=O)c2cc(Cl)ccc2OC)cc1. The van der Waals surface area contributed by atoms with Gasteiger partial charge < -0.3 is 14.8 Å². The van der Waals surface area contributed by atoms with Crippen LogP contribution >= 0.6 is 11.6 Å². The number of anilines is 1. The van der Waals surface area contributed by atoms with Gasteiger partial charge in [-0.2, -0.15) is 4.72 Å². The highest BCUT2D eigenvalue weighted by molar-refractivity contribution is 7.89. The van der Waals surface area contributed by atoms with Crippen LogP contribution in [0.25, 0.3) is 0 Å². The molecule has 8 nitrogen and oxygen atoms in total. The number of methoxy groups -OCH3 is 1.